The zero-order valence-electron chi connectivity index (χ0n) is 12.4. The molecule has 0 spiro atoms. The maximum absolute atomic E-state index is 12.0. The van der Waals surface area contributed by atoms with E-state index in [-0.39, 0.29) is 4.90 Å². The Balaban J connectivity index is 3.00. The second-order valence-electron chi connectivity index (χ2n) is 4.97. The van der Waals surface area contributed by atoms with E-state index in [0.29, 0.717) is 6.04 Å². The molecule has 0 N–H and O–H groups in total. The van der Waals surface area contributed by atoms with Crippen LogP contribution in [0.1, 0.15) is 20.3 Å². The zero-order valence-corrected chi connectivity index (χ0v) is 14.8. The fourth-order valence-electron chi connectivity index (χ4n) is 1.77. The van der Waals surface area contributed by atoms with Gasteiger partial charge in [-0.3, -0.25) is 0 Å². The lowest BCUT2D eigenvalue weighted by atomic mass is 10.3. The highest BCUT2D eigenvalue weighted by molar-refractivity contribution is 9.09. The Bertz CT molecular complexity index is 515. The Hall–Kier alpha value is -0.660. The topological polar surface area (TPSA) is 53.5 Å². The van der Waals surface area contributed by atoms with Crippen LogP contribution in [0.2, 0.25) is 0 Å². The van der Waals surface area contributed by atoms with Crippen LogP contribution in [0.5, 0.6) is 0 Å². The van der Waals surface area contributed by atoms with E-state index in [2.05, 4.69) is 39.7 Å². The Kier molecular flexibility index (Phi) is 6.42. The summed E-state index contributed by atoms with van der Waals surface area (Å²) >= 11 is 3.42. The monoisotopic (exact) mass is 363 g/mol. The van der Waals surface area contributed by atoms with Gasteiger partial charge in [0.2, 0.25) is 10.0 Å². The molecule has 1 rings (SSSR count). The fourth-order valence-corrected chi connectivity index (χ4v) is 2.87. The molecule has 0 aliphatic heterocycles. The van der Waals surface area contributed by atoms with Crippen LogP contribution in [0.25, 0.3) is 0 Å². The van der Waals surface area contributed by atoms with Gasteiger partial charge in [-0.25, -0.2) is 17.7 Å². The molecule has 0 aliphatic rings. The first-order chi connectivity index (χ1) is 9.30. The summed E-state index contributed by atoms with van der Waals surface area (Å²) < 4.78 is 25.2. The molecule has 0 bridgehead atoms. The van der Waals surface area contributed by atoms with Gasteiger partial charge >= 0.3 is 0 Å². The third-order valence-electron chi connectivity index (χ3n) is 2.95. The van der Waals surface area contributed by atoms with Crippen molar-refractivity contribution in [3.63, 3.8) is 0 Å². The van der Waals surface area contributed by atoms with Gasteiger partial charge in [0.25, 0.3) is 0 Å². The highest BCUT2D eigenvalue weighted by Gasteiger charge is 2.18. The van der Waals surface area contributed by atoms with Gasteiger partial charge in [0, 0.05) is 38.2 Å². The molecule has 5 nitrogen and oxygen atoms in total. The molecule has 0 aliphatic carbocycles. The average molecular weight is 364 g/mol. The van der Waals surface area contributed by atoms with Crippen molar-refractivity contribution in [2.24, 2.45) is 0 Å². The van der Waals surface area contributed by atoms with Crippen molar-refractivity contribution in [2.45, 2.75) is 31.2 Å². The van der Waals surface area contributed by atoms with Crippen molar-refractivity contribution in [3.8, 4) is 0 Å². The van der Waals surface area contributed by atoms with E-state index in [1.165, 1.54) is 24.6 Å². The molecule has 0 saturated heterocycles. The molecular formula is C13H22BrN3O2S. The number of sulfonamides is 1. The molecular weight excluding hydrogens is 342 g/mol. The molecule has 7 heteroatoms. The standard InChI is InChI=1S/C13H22BrN3O2S/c1-11(2)17(9-5-8-14)13-7-6-12(10-15-13)20(18,19)16(3)4/h6-7,10-11H,5,8-9H2,1-4H3. The van der Waals surface area contributed by atoms with E-state index >= 15 is 0 Å². The molecule has 20 heavy (non-hydrogen) atoms. The molecule has 0 aromatic carbocycles. The number of alkyl halides is 1. The molecule has 114 valence electrons. The summed E-state index contributed by atoms with van der Waals surface area (Å²) in [5, 5.41) is 0.934. The summed E-state index contributed by atoms with van der Waals surface area (Å²) in [5.41, 5.74) is 0. The predicted octanol–water partition coefficient (Wildman–Crippen LogP) is 2.33. The summed E-state index contributed by atoms with van der Waals surface area (Å²) in [6.45, 7) is 5.08. The minimum atomic E-state index is -3.41. The SMILES string of the molecule is CC(C)N(CCCBr)c1ccc(S(=O)(=O)N(C)C)cn1. The number of pyridine rings is 1. The number of rotatable bonds is 7. The van der Waals surface area contributed by atoms with Crippen molar-refractivity contribution < 1.29 is 8.42 Å². The van der Waals surface area contributed by atoms with E-state index in [0.717, 1.165) is 24.1 Å². The lowest BCUT2D eigenvalue weighted by Gasteiger charge is -2.27. The van der Waals surface area contributed by atoms with Crippen LogP contribution in [-0.2, 0) is 10.0 Å². The average Bonchev–Trinajstić information content (AvgIpc) is 2.39. The second-order valence-corrected chi connectivity index (χ2v) is 7.91. The van der Waals surface area contributed by atoms with Gasteiger partial charge in [-0.1, -0.05) is 15.9 Å². The van der Waals surface area contributed by atoms with Crippen molar-refractivity contribution in [1.29, 1.82) is 0 Å². The summed E-state index contributed by atoms with van der Waals surface area (Å²) in [4.78, 5) is 6.68. The molecule has 0 unspecified atom stereocenters. The quantitative estimate of drug-likeness (QED) is 0.697. The van der Waals surface area contributed by atoms with Crippen LogP contribution in [0.3, 0.4) is 0 Å². The van der Waals surface area contributed by atoms with Crippen LogP contribution in [0.4, 0.5) is 5.82 Å². The summed E-state index contributed by atoms with van der Waals surface area (Å²) in [6, 6.07) is 3.70. The van der Waals surface area contributed by atoms with Crippen LogP contribution in [0.15, 0.2) is 23.2 Å². The number of hydrogen-bond acceptors (Lipinski definition) is 4. The molecule has 0 fully saturated rings. The van der Waals surface area contributed by atoms with Gasteiger partial charge < -0.3 is 4.90 Å². The van der Waals surface area contributed by atoms with Crippen molar-refractivity contribution in [1.82, 2.24) is 9.29 Å². The summed E-state index contributed by atoms with van der Waals surface area (Å²) in [6.07, 6.45) is 2.44. The van der Waals surface area contributed by atoms with Gasteiger partial charge in [-0.15, -0.1) is 0 Å². The van der Waals surface area contributed by atoms with E-state index in [1.807, 2.05) is 0 Å². The van der Waals surface area contributed by atoms with Crippen molar-refractivity contribution >= 4 is 31.8 Å². The van der Waals surface area contributed by atoms with Gasteiger partial charge in [0.15, 0.2) is 0 Å². The first kappa shape index (κ1) is 17.4. The van der Waals surface area contributed by atoms with Gasteiger partial charge in [-0.2, -0.15) is 0 Å². The van der Waals surface area contributed by atoms with Gasteiger partial charge in [-0.05, 0) is 32.4 Å². The number of aromatic nitrogens is 1. The maximum atomic E-state index is 12.0. The lowest BCUT2D eigenvalue weighted by Crippen LogP contribution is -2.32. The highest BCUT2D eigenvalue weighted by atomic mass is 79.9. The van der Waals surface area contributed by atoms with Crippen LogP contribution in [0, 0.1) is 0 Å². The van der Waals surface area contributed by atoms with Crippen LogP contribution in [-0.4, -0.2) is 49.7 Å². The molecule has 1 aromatic rings. The number of anilines is 1. The summed E-state index contributed by atoms with van der Waals surface area (Å²) in [5.74, 6) is 0.804. The smallest absolute Gasteiger partial charge is 0.244 e. The molecule has 0 radical (unpaired) electrons. The minimum Gasteiger partial charge on any atom is -0.354 e. The Labute approximate surface area is 130 Å². The molecule has 0 atom stereocenters. The predicted molar refractivity (Wildman–Crippen MR) is 86.0 cm³/mol. The van der Waals surface area contributed by atoms with E-state index in [9.17, 15) is 8.42 Å². The van der Waals surface area contributed by atoms with Crippen molar-refractivity contribution in [2.75, 3.05) is 30.9 Å². The zero-order chi connectivity index (χ0) is 15.3. The van der Waals surface area contributed by atoms with Crippen LogP contribution >= 0.6 is 15.9 Å². The molecule has 1 heterocycles. The summed E-state index contributed by atoms with van der Waals surface area (Å²) in [7, 11) is -0.385. The second kappa shape index (κ2) is 7.38. The van der Waals surface area contributed by atoms with Crippen LogP contribution < -0.4 is 4.90 Å². The first-order valence-electron chi connectivity index (χ1n) is 6.52. The fraction of sp³-hybridized carbons (Fsp3) is 0.615. The number of halogens is 1. The Morgan fingerprint density at radius 3 is 2.35 bits per heavy atom. The van der Waals surface area contributed by atoms with Crippen molar-refractivity contribution in [3.05, 3.63) is 18.3 Å². The third-order valence-corrected chi connectivity index (χ3v) is 5.31. The van der Waals surface area contributed by atoms with Gasteiger partial charge in [0.05, 0.1) is 0 Å². The third kappa shape index (κ3) is 4.17. The Morgan fingerprint density at radius 1 is 1.30 bits per heavy atom. The molecule has 0 saturated carbocycles. The molecule has 0 amide bonds. The van der Waals surface area contributed by atoms with E-state index in [1.54, 1.807) is 12.1 Å². The largest absolute Gasteiger partial charge is 0.354 e. The van der Waals surface area contributed by atoms with E-state index in [4.69, 9.17) is 0 Å². The van der Waals surface area contributed by atoms with E-state index < -0.39 is 10.0 Å². The maximum Gasteiger partial charge on any atom is 0.244 e. The molecule has 1 aromatic heterocycles. The Morgan fingerprint density at radius 2 is 1.95 bits per heavy atom. The normalized spacial score (nSPS) is 12.2. The highest BCUT2D eigenvalue weighted by Crippen LogP contribution is 2.18. The number of nitrogens with zero attached hydrogens (tertiary/aromatic N) is 3. The lowest BCUT2D eigenvalue weighted by molar-refractivity contribution is 0.520. The van der Waals surface area contributed by atoms with Gasteiger partial charge in [0.1, 0.15) is 10.7 Å². The minimum absolute atomic E-state index is 0.218. The first-order valence-corrected chi connectivity index (χ1v) is 9.08. The number of hydrogen-bond donors (Lipinski definition) is 0.